The van der Waals surface area contributed by atoms with Crippen molar-refractivity contribution in [3.05, 3.63) is 46.0 Å². The van der Waals surface area contributed by atoms with E-state index >= 15 is 0 Å². The highest BCUT2D eigenvalue weighted by Crippen LogP contribution is 2.33. The molecule has 0 radical (unpaired) electrons. The minimum absolute atomic E-state index is 0.102. The maximum absolute atomic E-state index is 13.1. The Bertz CT molecular complexity index is 1100. The molecule has 3 aromatic rings. The Labute approximate surface area is 167 Å². The van der Waals surface area contributed by atoms with Gasteiger partial charge in [-0.2, -0.15) is 4.98 Å². The van der Waals surface area contributed by atoms with E-state index < -0.39 is 5.97 Å². The van der Waals surface area contributed by atoms with Crippen molar-refractivity contribution in [1.82, 2.24) is 19.5 Å². The zero-order valence-electron chi connectivity index (χ0n) is 16.4. The molecule has 1 fully saturated rings. The van der Waals surface area contributed by atoms with Crippen LogP contribution in [0, 0.1) is 0 Å². The molecule has 0 atom stereocenters. The fourth-order valence-corrected chi connectivity index (χ4v) is 3.87. The van der Waals surface area contributed by atoms with Gasteiger partial charge >= 0.3 is 12.0 Å². The average Bonchev–Trinajstić information content (AvgIpc) is 3.34. The number of imidazole rings is 1. The quantitative estimate of drug-likeness (QED) is 0.631. The van der Waals surface area contributed by atoms with Crippen molar-refractivity contribution >= 4 is 17.1 Å². The van der Waals surface area contributed by atoms with Gasteiger partial charge in [-0.15, -0.1) is 0 Å². The molecule has 29 heavy (non-hydrogen) atoms. The van der Waals surface area contributed by atoms with E-state index in [9.17, 15) is 9.59 Å². The second kappa shape index (κ2) is 8.06. The number of aromatic nitrogens is 4. The number of hydrogen-bond donors (Lipinski definition) is 2. The van der Waals surface area contributed by atoms with Gasteiger partial charge in [0.15, 0.2) is 11.2 Å². The Morgan fingerprint density at radius 2 is 2.10 bits per heavy atom. The summed E-state index contributed by atoms with van der Waals surface area (Å²) in [7, 11) is 0. The average molecular weight is 396 g/mol. The molecule has 152 valence electrons. The summed E-state index contributed by atoms with van der Waals surface area (Å²) >= 11 is 0. The predicted octanol–water partition coefficient (Wildman–Crippen LogP) is 3.61. The van der Waals surface area contributed by atoms with Gasteiger partial charge in [0.1, 0.15) is 11.6 Å². The first kappa shape index (κ1) is 19.2. The van der Waals surface area contributed by atoms with Crippen LogP contribution in [0.3, 0.4) is 0 Å². The van der Waals surface area contributed by atoms with Gasteiger partial charge in [0.2, 0.25) is 0 Å². The van der Waals surface area contributed by atoms with E-state index in [0.29, 0.717) is 34.9 Å². The minimum Gasteiger partial charge on any atom is -0.481 e. The van der Waals surface area contributed by atoms with Gasteiger partial charge in [0, 0.05) is 12.5 Å². The largest absolute Gasteiger partial charge is 0.481 e. The lowest BCUT2D eigenvalue weighted by Gasteiger charge is -2.12. The van der Waals surface area contributed by atoms with Crippen molar-refractivity contribution in [3.63, 3.8) is 0 Å². The number of carboxylic acid groups (broad SMARTS) is 1. The van der Waals surface area contributed by atoms with Crippen molar-refractivity contribution in [2.24, 2.45) is 0 Å². The number of carbonyl (C=O) groups is 1. The SMILES string of the molecule is CCCn1c(Oc2cccc(CC(=O)O)c2)nc2nc(C3CCCC3)[nH]c2c1=O. The fraction of sp³-hybridized carbons (Fsp3) is 0.429. The third kappa shape index (κ3) is 4.01. The Balaban J connectivity index is 1.73. The summed E-state index contributed by atoms with van der Waals surface area (Å²) < 4.78 is 7.42. The summed E-state index contributed by atoms with van der Waals surface area (Å²) in [6, 6.07) is 6.97. The molecule has 1 aliphatic carbocycles. The van der Waals surface area contributed by atoms with Gasteiger partial charge < -0.3 is 14.8 Å². The Kier molecular flexibility index (Phi) is 5.33. The van der Waals surface area contributed by atoms with Crippen LogP contribution >= 0.6 is 0 Å². The minimum atomic E-state index is -0.916. The standard InChI is InChI=1S/C21H24N4O4/c1-2-10-25-20(28)17-19(23-18(22-17)14-7-3-4-8-14)24-21(25)29-15-9-5-6-13(11-15)12-16(26)27/h5-6,9,11,14H,2-4,7-8,10,12H2,1H3,(H,22,23)(H,26,27). The van der Waals surface area contributed by atoms with Gasteiger partial charge in [0.25, 0.3) is 5.56 Å². The molecule has 2 aromatic heterocycles. The number of H-pyrrole nitrogens is 1. The fourth-order valence-electron chi connectivity index (χ4n) is 3.87. The lowest BCUT2D eigenvalue weighted by Crippen LogP contribution is -2.23. The van der Waals surface area contributed by atoms with E-state index in [0.717, 1.165) is 25.1 Å². The molecule has 2 N–H and O–H groups in total. The summed E-state index contributed by atoms with van der Waals surface area (Å²) in [5, 5.41) is 9.00. The highest BCUT2D eigenvalue weighted by Gasteiger charge is 2.23. The molecular formula is C21H24N4O4. The number of nitrogens with one attached hydrogen (secondary N) is 1. The van der Waals surface area contributed by atoms with E-state index in [1.165, 1.54) is 17.4 Å². The topological polar surface area (TPSA) is 110 Å². The van der Waals surface area contributed by atoms with Crippen LogP contribution in [0.4, 0.5) is 0 Å². The van der Waals surface area contributed by atoms with Crippen LogP contribution in [0.25, 0.3) is 11.2 Å². The lowest BCUT2D eigenvalue weighted by atomic mass is 10.1. The molecule has 2 heterocycles. The molecule has 0 aliphatic heterocycles. The normalized spacial score (nSPS) is 14.5. The van der Waals surface area contributed by atoms with E-state index in [1.807, 2.05) is 6.92 Å². The number of nitrogens with zero attached hydrogens (tertiary/aromatic N) is 3. The van der Waals surface area contributed by atoms with Crippen LogP contribution in [0.2, 0.25) is 0 Å². The second-order valence-electron chi connectivity index (χ2n) is 7.47. The van der Waals surface area contributed by atoms with Crippen molar-refractivity contribution in [2.75, 3.05) is 0 Å². The maximum Gasteiger partial charge on any atom is 0.307 e. The van der Waals surface area contributed by atoms with Gasteiger partial charge in [-0.05, 0) is 37.0 Å². The summed E-state index contributed by atoms with van der Waals surface area (Å²) in [6.07, 6.45) is 5.14. The highest BCUT2D eigenvalue weighted by molar-refractivity contribution is 5.71. The van der Waals surface area contributed by atoms with Gasteiger partial charge in [-0.25, -0.2) is 4.98 Å². The third-order valence-corrected chi connectivity index (χ3v) is 5.25. The summed E-state index contributed by atoms with van der Waals surface area (Å²) in [6.45, 7) is 2.44. The smallest absolute Gasteiger partial charge is 0.307 e. The van der Waals surface area contributed by atoms with Crippen LogP contribution < -0.4 is 10.3 Å². The molecule has 0 saturated heterocycles. The third-order valence-electron chi connectivity index (χ3n) is 5.25. The van der Waals surface area contributed by atoms with Gasteiger partial charge in [-0.1, -0.05) is 31.9 Å². The Morgan fingerprint density at radius 3 is 2.83 bits per heavy atom. The molecule has 1 aliphatic rings. The molecule has 0 amide bonds. The number of carboxylic acids is 1. The molecule has 0 spiro atoms. The number of aromatic amines is 1. The van der Waals surface area contributed by atoms with E-state index in [1.54, 1.807) is 24.3 Å². The van der Waals surface area contributed by atoms with Gasteiger partial charge in [0.05, 0.1) is 6.42 Å². The van der Waals surface area contributed by atoms with Crippen LogP contribution in [0.5, 0.6) is 11.8 Å². The van der Waals surface area contributed by atoms with Crippen molar-refractivity contribution in [1.29, 1.82) is 0 Å². The first-order chi connectivity index (χ1) is 14.0. The van der Waals surface area contributed by atoms with E-state index in [4.69, 9.17) is 9.84 Å². The number of rotatable bonds is 7. The Hall–Kier alpha value is -3.16. The highest BCUT2D eigenvalue weighted by atomic mass is 16.5. The van der Waals surface area contributed by atoms with Crippen LogP contribution in [0.15, 0.2) is 29.1 Å². The Morgan fingerprint density at radius 1 is 1.31 bits per heavy atom. The molecule has 4 rings (SSSR count). The van der Waals surface area contributed by atoms with E-state index in [2.05, 4.69) is 15.0 Å². The number of fused-ring (bicyclic) bond motifs is 1. The van der Waals surface area contributed by atoms with Crippen molar-refractivity contribution in [3.8, 4) is 11.8 Å². The molecule has 8 nitrogen and oxygen atoms in total. The van der Waals surface area contributed by atoms with Gasteiger partial charge in [-0.3, -0.25) is 14.2 Å². The van der Waals surface area contributed by atoms with E-state index in [-0.39, 0.29) is 18.0 Å². The number of benzene rings is 1. The molecular weight excluding hydrogens is 372 g/mol. The number of aliphatic carboxylic acids is 1. The van der Waals surface area contributed by atoms with Crippen LogP contribution in [-0.4, -0.2) is 30.6 Å². The summed E-state index contributed by atoms with van der Waals surface area (Å²) in [4.78, 5) is 36.3. The molecule has 8 heteroatoms. The zero-order chi connectivity index (χ0) is 20.4. The number of ether oxygens (including phenoxy) is 1. The van der Waals surface area contributed by atoms with Crippen molar-refractivity contribution < 1.29 is 14.6 Å². The predicted molar refractivity (Wildman–Crippen MR) is 108 cm³/mol. The van der Waals surface area contributed by atoms with Crippen LogP contribution in [-0.2, 0) is 17.8 Å². The van der Waals surface area contributed by atoms with Crippen LogP contribution in [0.1, 0.15) is 56.3 Å². The molecule has 0 unspecified atom stereocenters. The first-order valence-electron chi connectivity index (χ1n) is 10.0. The second-order valence-corrected chi connectivity index (χ2v) is 7.47. The number of hydrogen-bond acceptors (Lipinski definition) is 5. The molecule has 1 saturated carbocycles. The summed E-state index contributed by atoms with van der Waals surface area (Å²) in [5.41, 5.74) is 1.18. The van der Waals surface area contributed by atoms with Crippen molar-refractivity contribution in [2.45, 2.75) is 57.9 Å². The monoisotopic (exact) mass is 396 g/mol. The zero-order valence-corrected chi connectivity index (χ0v) is 16.4. The maximum atomic E-state index is 13.1. The summed E-state index contributed by atoms with van der Waals surface area (Å²) in [5.74, 6) is 0.693. The molecule has 1 aromatic carbocycles. The lowest BCUT2D eigenvalue weighted by molar-refractivity contribution is -0.136. The first-order valence-corrected chi connectivity index (χ1v) is 10.0. The molecule has 0 bridgehead atoms.